The lowest BCUT2D eigenvalue weighted by Crippen LogP contribution is -2.52. The summed E-state index contributed by atoms with van der Waals surface area (Å²) < 4.78 is 6.92. The highest BCUT2D eigenvalue weighted by molar-refractivity contribution is 6.00. The Labute approximate surface area is 276 Å². The maximum Gasteiger partial charge on any atom is 0.410 e. The van der Waals surface area contributed by atoms with E-state index in [2.05, 4.69) is 0 Å². The van der Waals surface area contributed by atoms with Gasteiger partial charge in [-0.15, -0.1) is 0 Å². The molecule has 1 N–H and O–H groups in total. The maximum absolute atomic E-state index is 14.0. The minimum Gasteiger partial charge on any atom is -0.444 e. The number of benzene rings is 2. The highest BCUT2D eigenvalue weighted by atomic mass is 16.6. The summed E-state index contributed by atoms with van der Waals surface area (Å²) in [5, 5.41) is 11.6. The molecule has 3 amide bonds. The molecule has 2 aliphatic rings. The second kappa shape index (κ2) is 14.1. The summed E-state index contributed by atoms with van der Waals surface area (Å²) in [6, 6.07) is 20.7. The summed E-state index contributed by atoms with van der Waals surface area (Å²) in [5.74, 6) is -0.115. The largest absolute Gasteiger partial charge is 0.444 e. The molecule has 10 heteroatoms. The first-order chi connectivity index (χ1) is 22.3. The average Bonchev–Trinajstić information content (AvgIpc) is 3.05. The lowest BCUT2D eigenvalue weighted by Gasteiger charge is -2.39. The number of piperidine rings is 1. The molecule has 10 nitrogen and oxygen atoms in total. The van der Waals surface area contributed by atoms with E-state index in [9.17, 15) is 24.3 Å². The Morgan fingerprint density at radius 1 is 0.851 bits per heavy atom. The zero-order valence-corrected chi connectivity index (χ0v) is 27.9. The third-order valence-corrected chi connectivity index (χ3v) is 9.02. The van der Waals surface area contributed by atoms with Crippen molar-refractivity contribution in [3.63, 3.8) is 0 Å². The highest BCUT2D eigenvalue weighted by Gasteiger charge is 2.36. The minimum absolute atomic E-state index is 0.00997. The summed E-state index contributed by atoms with van der Waals surface area (Å²) in [6.45, 7) is 9.59. The van der Waals surface area contributed by atoms with Gasteiger partial charge in [0.2, 0.25) is 5.91 Å². The van der Waals surface area contributed by atoms with Gasteiger partial charge in [-0.1, -0.05) is 67.6 Å². The predicted octanol–water partition coefficient (Wildman–Crippen LogP) is 4.76. The Bertz CT molecular complexity index is 1620. The van der Waals surface area contributed by atoms with Crippen LogP contribution in [-0.2, 0) is 16.1 Å². The fourth-order valence-electron chi connectivity index (χ4n) is 6.25. The van der Waals surface area contributed by atoms with Crippen LogP contribution in [0.1, 0.15) is 68.8 Å². The maximum atomic E-state index is 14.0. The van der Waals surface area contributed by atoms with Gasteiger partial charge in [0.15, 0.2) is 0 Å². The van der Waals surface area contributed by atoms with Gasteiger partial charge in [0.05, 0.1) is 17.7 Å². The lowest BCUT2D eigenvalue weighted by molar-refractivity contribution is -0.136. The van der Waals surface area contributed by atoms with Crippen molar-refractivity contribution in [3.8, 4) is 11.1 Å². The van der Waals surface area contributed by atoms with E-state index in [0.29, 0.717) is 69.7 Å². The minimum atomic E-state index is -1.21. The molecule has 0 unspecified atom stereocenters. The second-order valence-corrected chi connectivity index (χ2v) is 13.8. The zero-order chi connectivity index (χ0) is 33.8. The number of hydrogen-bond donors (Lipinski definition) is 1. The highest BCUT2D eigenvalue weighted by Crippen LogP contribution is 2.29. The van der Waals surface area contributed by atoms with Crippen molar-refractivity contribution in [2.75, 3.05) is 39.3 Å². The van der Waals surface area contributed by atoms with Crippen LogP contribution in [0.2, 0.25) is 0 Å². The molecule has 0 aliphatic carbocycles. The average molecular weight is 643 g/mol. The summed E-state index contributed by atoms with van der Waals surface area (Å²) in [4.78, 5) is 58.2. The van der Waals surface area contributed by atoms with Gasteiger partial charge in [0.1, 0.15) is 5.60 Å². The molecule has 2 saturated heterocycles. The number of aliphatic hydroxyl groups is 1. The lowest BCUT2D eigenvalue weighted by atomic mass is 9.90. The molecule has 2 aromatic carbocycles. The van der Waals surface area contributed by atoms with E-state index in [-0.39, 0.29) is 29.8 Å². The molecule has 0 radical (unpaired) electrons. The molecule has 0 bridgehead atoms. The number of hydrogen-bond acceptors (Lipinski definition) is 6. The van der Waals surface area contributed by atoms with Crippen LogP contribution < -0.4 is 5.56 Å². The number of rotatable bonds is 7. The topological polar surface area (TPSA) is 112 Å². The van der Waals surface area contributed by atoms with Crippen LogP contribution in [-0.4, -0.2) is 92.8 Å². The van der Waals surface area contributed by atoms with Crippen LogP contribution in [0.15, 0.2) is 77.7 Å². The van der Waals surface area contributed by atoms with Crippen molar-refractivity contribution in [3.05, 3.63) is 94.4 Å². The van der Waals surface area contributed by atoms with Gasteiger partial charge >= 0.3 is 6.09 Å². The van der Waals surface area contributed by atoms with E-state index in [4.69, 9.17) is 4.74 Å². The molecule has 0 saturated carbocycles. The third kappa shape index (κ3) is 8.48. The molecule has 2 fully saturated rings. The van der Waals surface area contributed by atoms with Crippen LogP contribution in [0.25, 0.3) is 11.1 Å². The molecule has 2 aliphatic heterocycles. The Morgan fingerprint density at radius 2 is 1.43 bits per heavy atom. The summed E-state index contributed by atoms with van der Waals surface area (Å²) in [7, 11) is 0. The van der Waals surface area contributed by atoms with Crippen molar-refractivity contribution < 1.29 is 24.2 Å². The number of carbonyl (C=O) groups is 3. The summed E-state index contributed by atoms with van der Waals surface area (Å²) in [6.07, 6.45) is 2.18. The van der Waals surface area contributed by atoms with Gasteiger partial charge < -0.3 is 29.1 Å². The van der Waals surface area contributed by atoms with Crippen molar-refractivity contribution in [2.24, 2.45) is 0 Å². The van der Waals surface area contributed by atoms with Gasteiger partial charge in [-0.05, 0) is 50.7 Å². The van der Waals surface area contributed by atoms with Gasteiger partial charge in [-0.2, -0.15) is 0 Å². The Balaban J connectivity index is 1.29. The summed E-state index contributed by atoms with van der Waals surface area (Å²) >= 11 is 0. The molecule has 3 aromatic rings. The fraction of sp³-hybridized carbons (Fsp3) is 0.459. The van der Waals surface area contributed by atoms with Crippen LogP contribution in [0.5, 0.6) is 0 Å². The molecule has 1 atom stereocenters. The van der Waals surface area contributed by atoms with E-state index in [1.807, 2.05) is 88.4 Å². The van der Waals surface area contributed by atoms with Crippen LogP contribution in [0, 0.1) is 0 Å². The SMILES string of the molecule is C[C@H](CC(=O)N1CCC(O)(Cn2cc(C(=O)N3CCN(C(=O)OC(C)(C)C)CC3)c(-c3ccccc3)cc2=O)CC1)c1ccccc1. The monoisotopic (exact) mass is 642 g/mol. The van der Waals surface area contributed by atoms with Crippen molar-refractivity contribution in [1.82, 2.24) is 19.3 Å². The molecule has 3 heterocycles. The van der Waals surface area contributed by atoms with E-state index in [1.165, 1.54) is 10.6 Å². The van der Waals surface area contributed by atoms with E-state index in [0.717, 1.165) is 11.1 Å². The zero-order valence-electron chi connectivity index (χ0n) is 27.9. The van der Waals surface area contributed by atoms with E-state index >= 15 is 0 Å². The number of likely N-dealkylation sites (tertiary alicyclic amines) is 1. The first kappa shape index (κ1) is 33.9. The van der Waals surface area contributed by atoms with Crippen LogP contribution >= 0.6 is 0 Å². The number of carbonyl (C=O) groups excluding carboxylic acids is 3. The number of nitrogens with zero attached hydrogens (tertiary/aromatic N) is 4. The van der Waals surface area contributed by atoms with Crippen LogP contribution in [0.4, 0.5) is 4.79 Å². The predicted molar refractivity (Wildman–Crippen MR) is 180 cm³/mol. The Morgan fingerprint density at radius 3 is 2.02 bits per heavy atom. The first-order valence-electron chi connectivity index (χ1n) is 16.4. The smallest absolute Gasteiger partial charge is 0.410 e. The molecule has 1 aromatic heterocycles. The Hall–Kier alpha value is -4.44. The van der Waals surface area contributed by atoms with E-state index < -0.39 is 17.3 Å². The second-order valence-electron chi connectivity index (χ2n) is 13.8. The van der Waals surface area contributed by atoms with Gasteiger partial charge in [0, 0.05) is 63.5 Å². The molecular formula is C37H46N4O6. The summed E-state index contributed by atoms with van der Waals surface area (Å²) in [5.41, 5.74) is 0.585. The number of piperazine rings is 1. The van der Waals surface area contributed by atoms with Crippen molar-refractivity contribution in [1.29, 1.82) is 0 Å². The molecule has 0 spiro atoms. The number of amides is 3. The first-order valence-corrected chi connectivity index (χ1v) is 16.4. The van der Waals surface area contributed by atoms with Gasteiger partial charge in [0.25, 0.3) is 11.5 Å². The number of pyridine rings is 1. The molecular weight excluding hydrogens is 596 g/mol. The van der Waals surface area contributed by atoms with E-state index in [1.54, 1.807) is 20.9 Å². The molecule has 250 valence electrons. The standard InChI is InChI=1S/C37H46N4O6/c1-27(28-11-7-5-8-12-28)23-32(42)38-17-15-37(46,16-18-38)26-41-25-31(30(24-33(41)43)29-13-9-6-10-14-29)34(44)39-19-21-40(22-20-39)35(45)47-36(2,3)4/h5-14,24-25,27,46H,15-23,26H2,1-4H3/t27-/m1/s1. The quantitative estimate of drug-likeness (QED) is 0.398. The fourth-order valence-corrected chi connectivity index (χ4v) is 6.25. The van der Waals surface area contributed by atoms with Crippen molar-refractivity contribution >= 4 is 17.9 Å². The third-order valence-electron chi connectivity index (χ3n) is 9.02. The van der Waals surface area contributed by atoms with Gasteiger partial charge in [-0.25, -0.2) is 4.79 Å². The normalized spacial score (nSPS) is 17.3. The van der Waals surface area contributed by atoms with Crippen LogP contribution in [0.3, 0.4) is 0 Å². The number of aromatic nitrogens is 1. The van der Waals surface area contributed by atoms with Crippen molar-refractivity contribution in [2.45, 2.75) is 70.6 Å². The van der Waals surface area contributed by atoms with Gasteiger partial charge in [-0.3, -0.25) is 14.4 Å². The molecule has 5 rings (SSSR count). The Kier molecular flexibility index (Phi) is 10.2. The number of ether oxygens (including phenoxy) is 1. The molecule has 47 heavy (non-hydrogen) atoms.